The third-order valence-corrected chi connectivity index (χ3v) is 3.25. The van der Waals surface area contributed by atoms with Crippen LogP contribution in [0.5, 0.6) is 0 Å². The molecular weight excluding hydrogens is 233 g/mol. The van der Waals surface area contributed by atoms with Gasteiger partial charge in [0.05, 0.1) is 6.10 Å². The number of rotatable bonds is 4. The first kappa shape index (κ1) is 13.0. The lowest BCUT2D eigenvalue weighted by Crippen LogP contribution is -2.37. The van der Waals surface area contributed by atoms with Gasteiger partial charge in [0, 0.05) is 30.9 Å². The number of anilines is 1. The molecule has 18 heavy (non-hydrogen) atoms. The topological polar surface area (TPSA) is 29.5 Å². The van der Waals surface area contributed by atoms with Gasteiger partial charge >= 0.3 is 0 Å². The van der Waals surface area contributed by atoms with Crippen molar-refractivity contribution in [2.75, 3.05) is 24.6 Å². The van der Waals surface area contributed by atoms with Gasteiger partial charge in [-0.1, -0.05) is 0 Å². The largest absolute Gasteiger partial charge is 0.378 e. The molecule has 0 atom stereocenters. The van der Waals surface area contributed by atoms with Crippen LogP contribution >= 0.6 is 0 Å². The standard InChI is InChI=1S/C14H18FNO2/c1-2-18-14-3-5-16(6-4-14)13-8-11(10-17)7-12(15)9-13/h7-10,14H,2-6H2,1H3. The van der Waals surface area contributed by atoms with Crippen molar-refractivity contribution in [3.63, 3.8) is 0 Å². The SMILES string of the molecule is CCOC1CCN(c2cc(F)cc(C=O)c2)CC1. The minimum atomic E-state index is -0.360. The van der Waals surface area contributed by atoms with E-state index < -0.39 is 0 Å². The summed E-state index contributed by atoms with van der Waals surface area (Å²) in [6.07, 6.45) is 2.88. The van der Waals surface area contributed by atoms with Crippen LogP contribution < -0.4 is 4.90 Å². The Bertz CT molecular complexity index is 414. The number of benzene rings is 1. The number of ether oxygens (including phenoxy) is 1. The van der Waals surface area contributed by atoms with Gasteiger partial charge in [-0.05, 0) is 38.0 Å². The maximum Gasteiger partial charge on any atom is 0.150 e. The lowest BCUT2D eigenvalue weighted by Gasteiger charge is -2.33. The van der Waals surface area contributed by atoms with E-state index in [-0.39, 0.29) is 5.82 Å². The fourth-order valence-corrected chi connectivity index (χ4v) is 2.36. The Kier molecular flexibility index (Phi) is 4.31. The highest BCUT2D eigenvalue weighted by molar-refractivity contribution is 5.77. The van der Waals surface area contributed by atoms with Crippen LogP contribution in [0.25, 0.3) is 0 Å². The molecule has 2 rings (SSSR count). The van der Waals surface area contributed by atoms with Crippen molar-refractivity contribution in [3.05, 3.63) is 29.6 Å². The number of halogens is 1. The van der Waals surface area contributed by atoms with Crippen molar-refractivity contribution < 1.29 is 13.9 Å². The second-order valence-electron chi connectivity index (χ2n) is 4.50. The van der Waals surface area contributed by atoms with Crippen LogP contribution in [-0.4, -0.2) is 32.1 Å². The summed E-state index contributed by atoms with van der Waals surface area (Å²) in [7, 11) is 0. The van der Waals surface area contributed by atoms with Crippen molar-refractivity contribution in [3.8, 4) is 0 Å². The smallest absolute Gasteiger partial charge is 0.150 e. The molecule has 0 aromatic heterocycles. The zero-order valence-corrected chi connectivity index (χ0v) is 10.6. The Morgan fingerprint density at radius 2 is 2.11 bits per heavy atom. The molecule has 1 saturated heterocycles. The first-order valence-electron chi connectivity index (χ1n) is 6.35. The van der Waals surface area contributed by atoms with Crippen LogP contribution in [0.2, 0.25) is 0 Å². The molecule has 1 aromatic rings. The summed E-state index contributed by atoms with van der Waals surface area (Å²) >= 11 is 0. The molecule has 1 aliphatic rings. The van der Waals surface area contributed by atoms with E-state index in [4.69, 9.17) is 4.74 Å². The van der Waals surface area contributed by atoms with E-state index in [1.54, 1.807) is 6.07 Å². The molecule has 0 amide bonds. The highest BCUT2D eigenvalue weighted by Gasteiger charge is 2.20. The highest BCUT2D eigenvalue weighted by Crippen LogP contribution is 2.23. The van der Waals surface area contributed by atoms with Gasteiger partial charge < -0.3 is 9.64 Å². The van der Waals surface area contributed by atoms with Crippen molar-refractivity contribution >= 4 is 12.0 Å². The zero-order chi connectivity index (χ0) is 13.0. The second kappa shape index (κ2) is 5.96. The summed E-state index contributed by atoms with van der Waals surface area (Å²) < 4.78 is 18.9. The van der Waals surface area contributed by atoms with Gasteiger partial charge in [-0.3, -0.25) is 4.79 Å². The molecule has 3 nitrogen and oxygen atoms in total. The third-order valence-electron chi connectivity index (χ3n) is 3.25. The average Bonchev–Trinajstić information content (AvgIpc) is 2.39. The van der Waals surface area contributed by atoms with Crippen molar-refractivity contribution in [1.29, 1.82) is 0 Å². The van der Waals surface area contributed by atoms with E-state index in [0.717, 1.165) is 38.2 Å². The first-order chi connectivity index (χ1) is 8.72. The maximum atomic E-state index is 13.4. The lowest BCUT2D eigenvalue weighted by molar-refractivity contribution is 0.0459. The summed E-state index contributed by atoms with van der Waals surface area (Å²) in [6, 6.07) is 4.47. The number of piperidine rings is 1. The highest BCUT2D eigenvalue weighted by atomic mass is 19.1. The monoisotopic (exact) mass is 251 g/mol. The van der Waals surface area contributed by atoms with E-state index in [1.807, 2.05) is 6.92 Å². The average molecular weight is 251 g/mol. The van der Waals surface area contributed by atoms with Crippen molar-refractivity contribution in [2.24, 2.45) is 0 Å². The molecule has 4 heteroatoms. The summed E-state index contributed by atoms with van der Waals surface area (Å²) in [6.45, 7) is 4.41. The number of hydrogen-bond donors (Lipinski definition) is 0. The van der Waals surface area contributed by atoms with Crippen LogP contribution in [-0.2, 0) is 4.74 Å². The molecule has 1 aromatic carbocycles. The molecule has 98 valence electrons. The summed E-state index contributed by atoms with van der Waals surface area (Å²) in [5.41, 5.74) is 1.17. The Hall–Kier alpha value is -1.42. The van der Waals surface area contributed by atoms with Crippen LogP contribution in [0.15, 0.2) is 18.2 Å². The molecular formula is C14H18FNO2. The minimum Gasteiger partial charge on any atom is -0.378 e. The number of aldehydes is 1. The second-order valence-corrected chi connectivity index (χ2v) is 4.50. The predicted molar refractivity (Wildman–Crippen MR) is 68.6 cm³/mol. The Balaban J connectivity index is 2.05. The molecule has 0 spiro atoms. The first-order valence-corrected chi connectivity index (χ1v) is 6.35. The van der Waals surface area contributed by atoms with E-state index in [2.05, 4.69) is 4.90 Å². The number of carbonyl (C=O) groups excluding carboxylic acids is 1. The van der Waals surface area contributed by atoms with E-state index in [0.29, 0.717) is 18.0 Å². The summed E-state index contributed by atoms with van der Waals surface area (Å²) in [5, 5.41) is 0. The maximum absolute atomic E-state index is 13.4. The van der Waals surface area contributed by atoms with Gasteiger partial charge in [0.15, 0.2) is 0 Å². The van der Waals surface area contributed by atoms with Crippen molar-refractivity contribution in [1.82, 2.24) is 0 Å². The molecule has 1 heterocycles. The fourth-order valence-electron chi connectivity index (χ4n) is 2.36. The van der Waals surface area contributed by atoms with Gasteiger partial charge in [0.2, 0.25) is 0 Å². The lowest BCUT2D eigenvalue weighted by atomic mass is 10.1. The van der Waals surface area contributed by atoms with E-state index in [9.17, 15) is 9.18 Å². The number of nitrogens with zero attached hydrogens (tertiary/aromatic N) is 1. The molecule has 1 aliphatic heterocycles. The molecule has 0 saturated carbocycles. The zero-order valence-electron chi connectivity index (χ0n) is 10.6. The molecule has 0 N–H and O–H groups in total. The van der Waals surface area contributed by atoms with Gasteiger partial charge in [0.1, 0.15) is 12.1 Å². The summed E-state index contributed by atoms with van der Waals surface area (Å²) in [4.78, 5) is 12.8. The van der Waals surface area contributed by atoms with E-state index in [1.165, 1.54) is 12.1 Å². The third kappa shape index (κ3) is 3.07. The number of carbonyl (C=O) groups is 1. The Morgan fingerprint density at radius 1 is 1.39 bits per heavy atom. The van der Waals surface area contributed by atoms with Gasteiger partial charge in [0.25, 0.3) is 0 Å². The van der Waals surface area contributed by atoms with E-state index >= 15 is 0 Å². The predicted octanol–water partition coefficient (Wildman–Crippen LogP) is 2.64. The van der Waals surface area contributed by atoms with Crippen LogP contribution in [0, 0.1) is 5.82 Å². The quantitative estimate of drug-likeness (QED) is 0.770. The molecule has 0 aliphatic carbocycles. The molecule has 0 unspecified atom stereocenters. The Morgan fingerprint density at radius 3 is 2.72 bits per heavy atom. The van der Waals surface area contributed by atoms with Crippen LogP contribution in [0.4, 0.5) is 10.1 Å². The fraction of sp³-hybridized carbons (Fsp3) is 0.500. The Labute approximate surface area is 107 Å². The van der Waals surface area contributed by atoms with Gasteiger partial charge in [-0.15, -0.1) is 0 Å². The summed E-state index contributed by atoms with van der Waals surface area (Å²) in [5.74, 6) is -0.360. The molecule has 1 fully saturated rings. The van der Waals surface area contributed by atoms with Crippen molar-refractivity contribution in [2.45, 2.75) is 25.9 Å². The van der Waals surface area contributed by atoms with Gasteiger partial charge in [-0.25, -0.2) is 4.39 Å². The van der Waals surface area contributed by atoms with Crippen LogP contribution in [0.1, 0.15) is 30.1 Å². The molecule has 0 radical (unpaired) electrons. The number of hydrogen-bond acceptors (Lipinski definition) is 3. The minimum absolute atomic E-state index is 0.311. The normalized spacial score (nSPS) is 16.9. The van der Waals surface area contributed by atoms with Gasteiger partial charge in [-0.2, -0.15) is 0 Å². The molecule has 0 bridgehead atoms. The van der Waals surface area contributed by atoms with Crippen LogP contribution in [0.3, 0.4) is 0 Å².